The van der Waals surface area contributed by atoms with Gasteiger partial charge in [-0.05, 0) is 40.5 Å². The molecule has 0 amide bonds. The Hall–Kier alpha value is -0.160. The van der Waals surface area contributed by atoms with Gasteiger partial charge in [0.2, 0.25) is 0 Å². The summed E-state index contributed by atoms with van der Waals surface area (Å²) in [5.41, 5.74) is -0.535. The lowest BCUT2D eigenvalue weighted by atomic mass is 10.1. The summed E-state index contributed by atoms with van der Waals surface area (Å²) in [5, 5.41) is 21.0. The maximum atomic E-state index is 8.96. The van der Waals surface area contributed by atoms with E-state index >= 15 is 0 Å². The first kappa shape index (κ1) is 12.8. The topological polar surface area (TPSA) is 55.7 Å². The molecule has 3 N–H and O–H groups in total. The molecule has 0 heterocycles. The number of hydrogen-bond acceptors (Lipinski definition) is 4. The third-order valence-electron chi connectivity index (χ3n) is 2.03. The van der Waals surface area contributed by atoms with Gasteiger partial charge in [-0.25, -0.2) is 0 Å². The highest BCUT2D eigenvalue weighted by atomic mass is 16.3. The molecule has 4 heteroatoms. The van der Waals surface area contributed by atoms with Crippen LogP contribution in [0, 0.1) is 0 Å². The lowest BCUT2D eigenvalue weighted by molar-refractivity contribution is 0.104. The molecule has 0 radical (unpaired) electrons. The van der Waals surface area contributed by atoms with Gasteiger partial charge in [0.15, 0.2) is 0 Å². The molecule has 0 aliphatic carbocycles. The number of hydrogen-bond donors (Lipinski definition) is 3. The Morgan fingerprint density at radius 3 is 2.15 bits per heavy atom. The highest BCUT2D eigenvalue weighted by Gasteiger charge is 2.20. The summed E-state index contributed by atoms with van der Waals surface area (Å²) >= 11 is 0. The largest absolute Gasteiger partial charge is 0.394 e. The van der Waals surface area contributed by atoms with Crippen LogP contribution in [-0.4, -0.2) is 61.1 Å². The molecule has 13 heavy (non-hydrogen) atoms. The van der Waals surface area contributed by atoms with E-state index in [1.54, 1.807) is 0 Å². The molecule has 0 bridgehead atoms. The summed E-state index contributed by atoms with van der Waals surface area (Å²) in [6, 6.07) is 0. The minimum absolute atomic E-state index is 0.0362. The Morgan fingerprint density at radius 1 is 1.23 bits per heavy atom. The molecule has 0 aliphatic rings. The maximum Gasteiger partial charge on any atom is 0.0633 e. The standard InChI is InChI=1S/C9H22N2O2/c1-9(7-12,8-13)10-5-4-6-11(2)3/h10,12-13H,4-8H2,1-3H3. The monoisotopic (exact) mass is 190 g/mol. The summed E-state index contributed by atoms with van der Waals surface area (Å²) in [4.78, 5) is 2.11. The molecule has 0 aromatic rings. The van der Waals surface area contributed by atoms with Crippen molar-refractivity contribution in [1.82, 2.24) is 10.2 Å². The second-order valence-electron chi connectivity index (χ2n) is 3.96. The number of nitrogens with one attached hydrogen (secondary N) is 1. The minimum Gasteiger partial charge on any atom is -0.394 e. The van der Waals surface area contributed by atoms with Gasteiger partial charge >= 0.3 is 0 Å². The predicted molar refractivity (Wildman–Crippen MR) is 53.8 cm³/mol. The summed E-state index contributed by atoms with van der Waals surface area (Å²) in [6.07, 6.45) is 1.02. The molecule has 0 aromatic heterocycles. The third-order valence-corrected chi connectivity index (χ3v) is 2.03. The van der Waals surface area contributed by atoms with Crippen molar-refractivity contribution in [2.45, 2.75) is 18.9 Å². The zero-order chi connectivity index (χ0) is 10.3. The van der Waals surface area contributed by atoms with E-state index in [2.05, 4.69) is 10.2 Å². The van der Waals surface area contributed by atoms with Crippen molar-refractivity contribution < 1.29 is 10.2 Å². The third kappa shape index (κ3) is 5.99. The van der Waals surface area contributed by atoms with E-state index < -0.39 is 5.54 Å². The van der Waals surface area contributed by atoms with Gasteiger partial charge in [-0.1, -0.05) is 0 Å². The zero-order valence-corrected chi connectivity index (χ0v) is 8.88. The van der Waals surface area contributed by atoms with E-state index in [9.17, 15) is 0 Å². The van der Waals surface area contributed by atoms with Crippen LogP contribution in [0.3, 0.4) is 0 Å². The van der Waals surface area contributed by atoms with Crippen molar-refractivity contribution in [2.24, 2.45) is 0 Å². The normalized spacial score (nSPS) is 12.5. The van der Waals surface area contributed by atoms with Crippen LogP contribution in [0.2, 0.25) is 0 Å². The molecule has 0 aromatic carbocycles. The van der Waals surface area contributed by atoms with Crippen molar-refractivity contribution in [2.75, 3.05) is 40.4 Å². The Kier molecular flexibility index (Phi) is 6.24. The average molecular weight is 190 g/mol. The van der Waals surface area contributed by atoms with Crippen molar-refractivity contribution in [3.8, 4) is 0 Å². The van der Waals surface area contributed by atoms with E-state index in [1.807, 2.05) is 21.0 Å². The molecule has 0 rings (SSSR count). The van der Waals surface area contributed by atoms with Crippen LogP contribution < -0.4 is 5.32 Å². The van der Waals surface area contributed by atoms with Crippen LogP contribution in [-0.2, 0) is 0 Å². The molecular weight excluding hydrogens is 168 g/mol. The minimum atomic E-state index is -0.535. The van der Waals surface area contributed by atoms with E-state index in [-0.39, 0.29) is 13.2 Å². The van der Waals surface area contributed by atoms with Gasteiger partial charge < -0.3 is 20.4 Å². The van der Waals surface area contributed by atoms with Crippen LogP contribution in [0.4, 0.5) is 0 Å². The summed E-state index contributed by atoms with van der Waals surface area (Å²) in [6.45, 7) is 3.56. The highest BCUT2D eigenvalue weighted by Crippen LogP contribution is 2.00. The smallest absolute Gasteiger partial charge is 0.0633 e. The van der Waals surface area contributed by atoms with Gasteiger partial charge in [0.05, 0.1) is 18.8 Å². The molecule has 80 valence electrons. The van der Waals surface area contributed by atoms with E-state index in [1.165, 1.54) is 0 Å². The second-order valence-corrected chi connectivity index (χ2v) is 3.96. The van der Waals surface area contributed by atoms with Crippen molar-refractivity contribution in [3.63, 3.8) is 0 Å². The van der Waals surface area contributed by atoms with Gasteiger partial charge in [-0.3, -0.25) is 0 Å². The fourth-order valence-corrected chi connectivity index (χ4v) is 0.947. The first-order valence-corrected chi connectivity index (χ1v) is 4.65. The van der Waals surface area contributed by atoms with Crippen LogP contribution in [0.1, 0.15) is 13.3 Å². The van der Waals surface area contributed by atoms with E-state index in [0.29, 0.717) is 0 Å². The van der Waals surface area contributed by atoms with Crippen LogP contribution in [0.25, 0.3) is 0 Å². The number of aliphatic hydroxyl groups is 2. The first-order valence-electron chi connectivity index (χ1n) is 4.65. The fourth-order valence-electron chi connectivity index (χ4n) is 0.947. The number of aliphatic hydroxyl groups excluding tert-OH is 2. The van der Waals surface area contributed by atoms with Crippen molar-refractivity contribution in [1.29, 1.82) is 0 Å². The first-order chi connectivity index (χ1) is 6.04. The van der Waals surface area contributed by atoms with Gasteiger partial charge in [0, 0.05) is 0 Å². The molecule has 0 fully saturated rings. The highest BCUT2D eigenvalue weighted by molar-refractivity contribution is 4.80. The van der Waals surface area contributed by atoms with Crippen LogP contribution in [0.5, 0.6) is 0 Å². The Morgan fingerprint density at radius 2 is 1.77 bits per heavy atom. The molecule has 4 nitrogen and oxygen atoms in total. The Balaban J connectivity index is 3.50. The van der Waals surface area contributed by atoms with Gasteiger partial charge in [-0.2, -0.15) is 0 Å². The molecule has 0 saturated carbocycles. The summed E-state index contributed by atoms with van der Waals surface area (Å²) in [7, 11) is 4.05. The zero-order valence-electron chi connectivity index (χ0n) is 8.88. The second kappa shape index (κ2) is 6.32. The van der Waals surface area contributed by atoms with Gasteiger partial charge in [-0.15, -0.1) is 0 Å². The van der Waals surface area contributed by atoms with E-state index in [4.69, 9.17) is 10.2 Å². The maximum absolute atomic E-state index is 8.96. The number of nitrogens with zero attached hydrogens (tertiary/aromatic N) is 1. The SMILES string of the molecule is CN(C)CCCNC(C)(CO)CO. The quantitative estimate of drug-likeness (QED) is 0.463. The molecule has 0 atom stereocenters. The van der Waals surface area contributed by atoms with Gasteiger partial charge in [0.1, 0.15) is 0 Å². The average Bonchev–Trinajstić information content (AvgIpc) is 2.12. The molecular formula is C9H22N2O2. The lowest BCUT2D eigenvalue weighted by Gasteiger charge is -2.26. The van der Waals surface area contributed by atoms with Crippen LogP contribution in [0.15, 0.2) is 0 Å². The molecule has 0 unspecified atom stereocenters. The predicted octanol–water partition coefficient (Wildman–Crippen LogP) is -0.729. The van der Waals surface area contributed by atoms with Gasteiger partial charge in [0.25, 0.3) is 0 Å². The van der Waals surface area contributed by atoms with Crippen LogP contribution >= 0.6 is 0 Å². The molecule has 0 aliphatic heterocycles. The molecule has 0 saturated heterocycles. The lowest BCUT2D eigenvalue weighted by Crippen LogP contribution is -2.49. The van der Waals surface area contributed by atoms with E-state index in [0.717, 1.165) is 19.5 Å². The fraction of sp³-hybridized carbons (Fsp3) is 1.00. The summed E-state index contributed by atoms with van der Waals surface area (Å²) < 4.78 is 0. The molecule has 0 spiro atoms. The Labute approximate surface area is 80.6 Å². The number of rotatable bonds is 7. The summed E-state index contributed by atoms with van der Waals surface area (Å²) in [5.74, 6) is 0. The Bertz CT molecular complexity index is 125. The van der Waals surface area contributed by atoms with Crippen molar-refractivity contribution in [3.05, 3.63) is 0 Å². The van der Waals surface area contributed by atoms with Crippen molar-refractivity contribution >= 4 is 0 Å².